The monoisotopic (exact) mass is 393 g/mol. The second-order valence-electron chi connectivity index (χ2n) is 9.42. The van der Waals surface area contributed by atoms with Crippen molar-refractivity contribution in [3.05, 3.63) is 89.0 Å². The van der Waals surface area contributed by atoms with Gasteiger partial charge in [0.05, 0.1) is 6.04 Å². The van der Waals surface area contributed by atoms with Gasteiger partial charge in [-0.2, -0.15) is 0 Å². The van der Waals surface area contributed by atoms with Crippen molar-refractivity contribution >= 4 is 33.9 Å². The standard InChI is InChI=1S/C28H27NO/c1-18(15-19-9-5-4-6-10-19)27-26-22(16-28(2,3)17-24(26)30)25-21-12-8-7-11-20(21)13-14-23(25)29-27/h4-15,27,29H,16-17H2,1-3H3/b18-15-/t27-/m0/s1. The maximum atomic E-state index is 13.4. The van der Waals surface area contributed by atoms with E-state index in [1.54, 1.807) is 0 Å². The number of hydrogen-bond acceptors (Lipinski definition) is 2. The first-order valence-corrected chi connectivity index (χ1v) is 10.7. The average Bonchev–Trinajstić information content (AvgIpc) is 2.72. The molecule has 0 aromatic heterocycles. The molecule has 2 nitrogen and oxygen atoms in total. The predicted molar refractivity (Wildman–Crippen MR) is 126 cm³/mol. The first-order valence-electron chi connectivity index (χ1n) is 10.7. The Morgan fingerprint density at radius 3 is 2.50 bits per heavy atom. The van der Waals surface area contributed by atoms with Crippen LogP contribution in [0.15, 0.2) is 77.9 Å². The third-order valence-electron chi connectivity index (χ3n) is 6.39. The van der Waals surface area contributed by atoms with E-state index < -0.39 is 0 Å². The lowest BCUT2D eigenvalue weighted by Gasteiger charge is -2.40. The summed E-state index contributed by atoms with van der Waals surface area (Å²) < 4.78 is 0. The van der Waals surface area contributed by atoms with Crippen molar-refractivity contribution < 1.29 is 4.79 Å². The molecule has 0 amide bonds. The molecule has 0 saturated carbocycles. The first-order chi connectivity index (χ1) is 14.4. The van der Waals surface area contributed by atoms with E-state index in [-0.39, 0.29) is 17.2 Å². The van der Waals surface area contributed by atoms with Crippen molar-refractivity contribution in [3.63, 3.8) is 0 Å². The number of fused-ring (bicyclic) bond motifs is 4. The lowest BCUT2D eigenvalue weighted by Crippen LogP contribution is -2.37. The van der Waals surface area contributed by atoms with Crippen molar-refractivity contribution in [1.29, 1.82) is 0 Å². The van der Waals surface area contributed by atoms with Crippen LogP contribution in [0.5, 0.6) is 0 Å². The van der Waals surface area contributed by atoms with Crippen LogP contribution in [0.25, 0.3) is 22.4 Å². The van der Waals surface area contributed by atoms with Crippen molar-refractivity contribution in [2.75, 3.05) is 5.32 Å². The zero-order valence-corrected chi connectivity index (χ0v) is 17.8. The molecule has 2 heteroatoms. The van der Waals surface area contributed by atoms with E-state index in [0.29, 0.717) is 6.42 Å². The number of benzene rings is 3. The Hall–Kier alpha value is -3.13. The fourth-order valence-corrected chi connectivity index (χ4v) is 5.07. The summed E-state index contributed by atoms with van der Waals surface area (Å²) in [6.07, 6.45) is 3.72. The molecule has 150 valence electrons. The van der Waals surface area contributed by atoms with Gasteiger partial charge in [-0.1, -0.05) is 80.6 Å². The molecule has 3 aromatic rings. The summed E-state index contributed by atoms with van der Waals surface area (Å²) in [5.74, 6) is 0.276. The van der Waals surface area contributed by atoms with Crippen LogP contribution >= 0.6 is 0 Å². The van der Waals surface area contributed by atoms with Crippen LogP contribution in [-0.2, 0) is 4.79 Å². The minimum absolute atomic E-state index is 0.0247. The number of anilines is 1. The smallest absolute Gasteiger partial charge is 0.162 e. The molecule has 1 atom stereocenters. The molecule has 1 aliphatic heterocycles. The summed E-state index contributed by atoms with van der Waals surface area (Å²) in [4.78, 5) is 13.4. The van der Waals surface area contributed by atoms with Crippen molar-refractivity contribution in [2.45, 2.75) is 39.7 Å². The Labute approximate surface area is 178 Å². The molecule has 1 heterocycles. The van der Waals surface area contributed by atoms with E-state index >= 15 is 0 Å². The van der Waals surface area contributed by atoms with Crippen molar-refractivity contribution in [1.82, 2.24) is 0 Å². The van der Waals surface area contributed by atoms with Gasteiger partial charge in [0.15, 0.2) is 5.78 Å². The Balaban J connectivity index is 1.73. The van der Waals surface area contributed by atoms with Crippen LogP contribution in [0.2, 0.25) is 0 Å². The number of hydrogen-bond donors (Lipinski definition) is 1. The third-order valence-corrected chi connectivity index (χ3v) is 6.39. The SMILES string of the molecule is C/C(=C/c1ccccc1)[C@@H]1Nc2ccc3ccccc3c2C2=C1C(=O)CC(C)(C)C2. The maximum Gasteiger partial charge on any atom is 0.162 e. The zero-order valence-electron chi connectivity index (χ0n) is 17.8. The molecule has 0 bridgehead atoms. The number of ketones is 1. The highest BCUT2D eigenvalue weighted by Gasteiger charge is 2.40. The molecule has 0 unspecified atom stereocenters. The number of Topliss-reactive ketones (excluding diaryl/α,β-unsaturated/α-hetero) is 1. The van der Waals surface area contributed by atoms with Gasteiger partial charge in [0, 0.05) is 23.2 Å². The summed E-state index contributed by atoms with van der Waals surface area (Å²) in [6.45, 7) is 6.56. The Bertz CT molecular complexity index is 1210. The summed E-state index contributed by atoms with van der Waals surface area (Å²) >= 11 is 0. The molecule has 30 heavy (non-hydrogen) atoms. The molecule has 1 aliphatic carbocycles. The van der Waals surface area contributed by atoms with Crippen molar-refractivity contribution in [2.24, 2.45) is 5.41 Å². The fourth-order valence-electron chi connectivity index (χ4n) is 5.07. The molecular weight excluding hydrogens is 366 g/mol. The van der Waals surface area contributed by atoms with Gasteiger partial charge in [-0.25, -0.2) is 0 Å². The summed E-state index contributed by atoms with van der Waals surface area (Å²) in [7, 11) is 0. The van der Waals surface area contributed by atoms with Crippen LogP contribution in [-0.4, -0.2) is 11.8 Å². The van der Waals surface area contributed by atoms with Gasteiger partial charge >= 0.3 is 0 Å². The van der Waals surface area contributed by atoms with Gasteiger partial charge in [-0.15, -0.1) is 0 Å². The zero-order chi connectivity index (χ0) is 20.9. The van der Waals surface area contributed by atoms with Crippen LogP contribution in [0.1, 0.15) is 44.7 Å². The highest BCUT2D eigenvalue weighted by molar-refractivity contribution is 6.13. The summed E-state index contributed by atoms with van der Waals surface area (Å²) in [6, 6.07) is 23.1. The molecule has 1 N–H and O–H groups in total. The third kappa shape index (κ3) is 3.17. The van der Waals surface area contributed by atoms with E-state index in [9.17, 15) is 4.79 Å². The first kappa shape index (κ1) is 18.9. The number of allylic oxidation sites excluding steroid dienone is 1. The predicted octanol–water partition coefficient (Wildman–Crippen LogP) is 6.88. The highest BCUT2D eigenvalue weighted by Crippen LogP contribution is 2.49. The van der Waals surface area contributed by atoms with Gasteiger partial charge in [0.1, 0.15) is 0 Å². The highest BCUT2D eigenvalue weighted by atomic mass is 16.1. The Morgan fingerprint density at radius 2 is 1.70 bits per heavy atom. The van der Waals surface area contributed by atoms with Crippen LogP contribution < -0.4 is 5.32 Å². The number of rotatable bonds is 2. The minimum atomic E-state index is -0.0857. The van der Waals surface area contributed by atoms with E-state index in [2.05, 4.69) is 80.7 Å². The normalized spacial score (nSPS) is 20.6. The van der Waals surface area contributed by atoms with Gasteiger partial charge in [0.2, 0.25) is 0 Å². The second kappa shape index (κ2) is 6.98. The Morgan fingerprint density at radius 1 is 0.967 bits per heavy atom. The van der Waals surface area contributed by atoms with Crippen LogP contribution in [0.4, 0.5) is 5.69 Å². The molecule has 0 spiro atoms. The number of nitrogens with one attached hydrogen (secondary N) is 1. The molecular formula is C28H27NO. The van der Waals surface area contributed by atoms with Gasteiger partial charge in [-0.3, -0.25) is 4.79 Å². The van der Waals surface area contributed by atoms with Crippen molar-refractivity contribution in [3.8, 4) is 0 Å². The van der Waals surface area contributed by atoms with Crippen LogP contribution in [0.3, 0.4) is 0 Å². The van der Waals surface area contributed by atoms with E-state index in [1.165, 1.54) is 27.5 Å². The van der Waals surface area contributed by atoms with Gasteiger partial charge < -0.3 is 5.32 Å². The van der Waals surface area contributed by atoms with Gasteiger partial charge in [-0.05, 0) is 52.3 Å². The van der Waals surface area contributed by atoms with E-state index in [0.717, 1.165) is 23.2 Å². The topological polar surface area (TPSA) is 29.1 Å². The lowest BCUT2D eigenvalue weighted by molar-refractivity contribution is -0.117. The number of carbonyl (C=O) groups excluding carboxylic acids is 1. The molecule has 5 rings (SSSR count). The lowest BCUT2D eigenvalue weighted by atomic mass is 9.68. The summed E-state index contributed by atoms with van der Waals surface area (Å²) in [5, 5.41) is 6.16. The molecule has 0 radical (unpaired) electrons. The average molecular weight is 394 g/mol. The second-order valence-corrected chi connectivity index (χ2v) is 9.42. The largest absolute Gasteiger partial charge is 0.374 e. The molecule has 3 aromatic carbocycles. The molecule has 0 saturated heterocycles. The summed E-state index contributed by atoms with van der Waals surface area (Å²) in [5.41, 5.74) is 6.84. The van der Waals surface area contributed by atoms with Crippen LogP contribution in [0, 0.1) is 5.41 Å². The molecule has 2 aliphatic rings. The quantitative estimate of drug-likeness (QED) is 0.514. The Kier molecular flexibility index (Phi) is 4.39. The van der Waals surface area contributed by atoms with E-state index in [4.69, 9.17) is 0 Å². The van der Waals surface area contributed by atoms with E-state index in [1.807, 2.05) is 18.2 Å². The van der Waals surface area contributed by atoms with Gasteiger partial charge in [0.25, 0.3) is 0 Å². The fraction of sp³-hybridized carbons (Fsp3) is 0.250. The minimum Gasteiger partial charge on any atom is -0.374 e. The molecule has 0 fully saturated rings. The number of carbonyl (C=O) groups is 1. The maximum absolute atomic E-state index is 13.4.